The maximum absolute atomic E-state index is 13.2. The SMILES string of the molecule is O=C1NC(=O)N(c2ccc(C34CC5CC(CC(C5)C3)C4)cc2)C(=O)/C1=C/c1ccc(O)c(Br)c1. The van der Waals surface area contributed by atoms with Crippen molar-refractivity contribution in [2.75, 3.05) is 4.90 Å². The number of carbonyl (C=O) groups excluding carboxylic acids is 3. The zero-order chi connectivity index (χ0) is 23.6. The highest BCUT2D eigenvalue weighted by atomic mass is 79.9. The molecular formula is C27H25BrN2O4. The number of phenolic OH excluding ortho intramolecular Hbond substituents is 1. The van der Waals surface area contributed by atoms with Gasteiger partial charge in [0.25, 0.3) is 11.8 Å². The molecule has 0 atom stereocenters. The molecule has 6 nitrogen and oxygen atoms in total. The second kappa shape index (κ2) is 7.80. The van der Waals surface area contributed by atoms with Crippen LogP contribution in [0.5, 0.6) is 5.75 Å². The van der Waals surface area contributed by atoms with Gasteiger partial charge < -0.3 is 5.11 Å². The Bertz CT molecular complexity index is 1210. The highest BCUT2D eigenvalue weighted by Crippen LogP contribution is 2.60. The van der Waals surface area contributed by atoms with Crippen LogP contribution < -0.4 is 10.2 Å². The first-order valence-electron chi connectivity index (χ1n) is 11.8. The number of barbiturate groups is 1. The van der Waals surface area contributed by atoms with Crippen molar-refractivity contribution < 1.29 is 19.5 Å². The summed E-state index contributed by atoms with van der Waals surface area (Å²) < 4.78 is 0.443. The Morgan fingerprint density at radius 2 is 1.56 bits per heavy atom. The van der Waals surface area contributed by atoms with E-state index in [-0.39, 0.29) is 16.7 Å². The van der Waals surface area contributed by atoms with Crippen LogP contribution in [0.4, 0.5) is 10.5 Å². The summed E-state index contributed by atoms with van der Waals surface area (Å²) in [5.41, 5.74) is 2.40. The Balaban J connectivity index is 1.29. The van der Waals surface area contributed by atoms with Crippen molar-refractivity contribution in [1.29, 1.82) is 0 Å². The number of rotatable bonds is 3. The van der Waals surface area contributed by atoms with Crippen molar-refractivity contribution in [2.24, 2.45) is 17.8 Å². The minimum Gasteiger partial charge on any atom is -0.507 e. The third kappa shape index (κ3) is 3.49. The summed E-state index contributed by atoms with van der Waals surface area (Å²) >= 11 is 3.23. The predicted octanol–water partition coefficient (Wildman–Crippen LogP) is 5.29. The molecule has 0 unspecified atom stereocenters. The maximum atomic E-state index is 13.2. The summed E-state index contributed by atoms with van der Waals surface area (Å²) in [5, 5.41) is 12.0. The fourth-order valence-corrected chi connectivity index (χ4v) is 7.50. The summed E-state index contributed by atoms with van der Waals surface area (Å²) in [6.45, 7) is 0. The number of nitrogens with one attached hydrogen (secondary N) is 1. The summed E-state index contributed by atoms with van der Waals surface area (Å²) in [4.78, 5) is 39.3. The molecule has 1 saturated heterocycles. The molecule has 2 N–H and O–H groups in total. The quantitative estimate of drug-likeness (QED) is 0.425. The highest BCUT2D eigenvalue weighted by Gasteiger charge is 2.51. The van der Waals surface area contributed by atoms with Gasteiger partial charge in [-0.15, -0.1) is 0 Å². The Labute approximate surface area is 206 Å². The van der Waals surface area contributed by atoms with E-state index in [9.17, 15) is 19.5 Å². The summed E-state index contributed by atoms with van der Waals surface area (Å²) in [5.74, 6) is 1.15. The first kappa shape index (κ1) is 21.6. The second-order valence-corrected chi connectivity index (χ2v) is 11.3. The average Bonchev–Trinajstić information content (AvgIpc) is 2.78. The van der Waals surface area contributed by atoms with Gasteiger partial charge in [-0.25, -0.2) is 9.69 Å². The highest BCUT2D eigenvalue weighted by molar-refractivity contribution is 9.10. The van der Waals surface area contributed by atoms with Crippen molar-refractivity contribution in [3.63, 3.8) is 0 Å². The molecule has 2 aromatic rings. The summed E-state index contributed by atoms with van der Waals surface area (Å²) in [6.07, 6.45) is 9.27. The number of urea groups is 1. The number of imide groups is 2. The first-order valence-corrected chi connectivity index (χ1v) is 12.6. The molecule has 5 aliphatic rings. The van der Waals surface area contributed by atoms with Crippen LogP contribution in [0.25, 0.3) is 6.08 Å². The third-order valence-electron chi connectivity index (χ3n) is 8.16. The molecule has 0 spiro atoms. The molecule has 4 amide bonds. The Kier molecular flexibility index (Phi) is 4.96. The van der Waals surface area contributed by atoms with Gasteiger partial charge in [0, 0.05) is 0 Å². The van der Waals surface area contributed by atoms with Crippen LogP contribution in [0.3, 0.4) is 0 Å². The maximum Gasteiger partial charge on any atom is 0.335 e. The first-order chi connectivity index (χ1) is 16.3. The van der Waals surface area contributed by atoms with Gasteiger partial charge >= 0.3 is 6.03 Å². The van der Waals surface area contributed by atoms with Crippen LogP contribution in [0.2, 0.25) is 0 Å². The fraction of sp³-hybridized carbons (Fsp3) is 0.370. The van der Waals surface area contributed by atoms with Gasteiger partial charge in [-0.05, 0) is 119 Å². The molecule has 1 aliphatic heterocycles. The predicted molar refractivity (Wildman–Crippen MR) is 131 cm³/mol. The number of hydrogen-bond donors (Lipinski definition) is 2. The second-order valence-electron chi connectivity index (χ2n) is 10.4. The van der Waals surface area contributed by atoms with Crippen LogP contribution >= 0.6 is 15.9 Å². The monoisotopic (exact) mass is 520 g/mol. The van der Waals surface area contributed by atoms with Gasteiger partial charge in [0.05, 0.1) is 10.2 Å². The Morgan fingerprint density at radius 3 is 2.15 bits per heavy atom. The van der Waals surface area contributed by atoms with Crippen LogP contribution in [0, 0.1) is 17.8 Å². The van der Waals surface area contributed by atoms with E-state index in [1.807, 2.05) is 12.1 Å². The molecule has 0 aromatic heterocycles. The molecule has 5 fully saturated rings. The lowest BCUT2D eigenvalue weighted by Crippen LogP contribution is -2.54. The zero-order valence-electron chi connectivity index (χ0n) is 18.6. The van der Waals surface area contributed by atoms with Crippen LogP contribution in [0.1, 0.15) is 49.7 Å². The molecule has 0 radical (unpaired) electrons. The van der Waals surface area contributed by atoms with E-state index in [1.165, 1.54) is 56.2 Å². The van der Waals surface area contributed by atoms with Crippen LogP contribution in [0.15, 0.2) is 52.5 Å². The average molecular weight is 521 g/mol. The van der Waals surface area contributed by atoms with Gasteiger partial charge in [-0.3, -0.25) is 14.9 Å². The van der Waals surface area contributed by atoms with E-state index >= 15 is 0 Å². The van der Waals surface area contributed by atoms with Crippen molar-refractivity contribution in [2.45, 2.75) is 43.9 Å². The molecule has 7 rings (SSSR count). The summed E-state index contributed by atoms with van der Waals surface area (Å²) in [7, 11) is 0. The van der Waals surface area contributed by atoms with E-state index in [0.29, 0.717) is 15.7 Å². The van der Waals surface area contributed by atoms with E-state index in [2.05, 4.69) is 33.4 Å². The third-order valence-corrected chi connectivity index (χ3v) is 8.80. The minimum absolute atomic E-state index is 0.0532. The number of benzene rings is 2. The number of hydrogen-bond acceptors (Lipinski definition) is 4. The van der Waals surface area contributed by atoms with Gasteiger partial charge in [0.2, 0.25) is 0 Å². The van der Waals surface area contributed by atoms with E-state index < -0.39 is 17.8 Å². The van der Waals surface area contributed by atoms with Crippen molar-refractivity contribution in [1.82, 2.24) is 5.32 Å². The lowest BCUT2D eigenvalue weighted by molar-refractivity contribution is -0.122. The molecule has 4 saturated carbocycles. The molecule has 7 heteroatoms. The molecule has 4 bridgehead atoms. The molecular weight excluding hydrogens is 496 g/mol. The van der Waals surface area contributed by atoms with Crippen LogP contribution in [-0.2, 0) is 15.0 Å². The van der Waals surface area contributed by atoms with E-state index in [4.69, 9.17) is 0 Å². The number of aromatic hydroxyl groups is 1. The number of phenols is 1. The van der Waals surface area contributed by atoms with E-state index in [0.717, 1.165) is 22.7 Å². The smallest absolute Gasteiger partial charge is 0.335 e. The zero-order valence-corrected chi connectivity index (χ0v) is 20.2. The Hall–Kier alpha value is -2.93. The topological polar surface area (TPSA) is 86.7 Å². The van der Waals surface area contributed by atoms with Gasteiger partial charge in [-0.1, -0.05) is 18.2 Å². The molecule has 2 aromatic carbocycles. The Morgan fingerprint density at radius 1 is 0.941 bits per heavy atom. The van der Waals surface area contributed by atoms with Gasteiger partial charge in [0.15, 0.2) is 0 Å². The van der Waals surface area contributed by atoms with E-state index in [1.54, 1.807) is 12.1 Å². The minimum atomic E-state index is -0.749. The number of anilines is 1. The molecule has 34 heavy (non-hydrogen) atoms. The molecule has 174 valence electrons. The van der Waals surface area contributed by atoms with Crippen molar-refractivity contribution >= 4 is 45.5 Å². The fourth-order valence-electron chi connectivity index (χ4n) is 7.10. The largest absolute Gasteiger partial charge is 0.507 e. The van der Waals surface area contributed by atoms with Crippen LogP contribution in [-0.4, -0.2) is 23.0 Å². The van der Waals surface area contributed by atoms with Gasteiger partial charge in [0.1, 0.15) is 11.3 Å². The normalized spacial score (nSPS) is 31.3. The molecule has 1 heterocycles. The lowest BCUT2D eigenvalue weighted by Gasteiger charge is -2.57. The number of nitrogens with zero attached hydrogens (tertiary/aromatic N) is 1. The standard InChI is InChI=1S/C27H25BrN2O4/c28-22-11-15(1-6-23(22)31)10-21-24(32)29-26(34)30(25(21)33)20-4-2-19(3-5-20)27-12-16-7-17(13-27)9-18(8-16)14-27/h1-6,10-11,16-18,31H,7-9,12-14H2,(H,29,32,34)/b21-10+. The lowest BCUT2D eigenvalue weighted by atomic mass is 9.48. The number of amides is 4. The number of carbonyl (C=O) groups is 3. The van der Waals surface area contributed by atoms with Crippen molar-refractivity contribution in [3.05, 3.63) is 63.6 Å². The molecule has 4 aliphatic carbocycles. The summed E-state index contributed by atoms with van der Waals surface area (Å²) in [6, 6.07) is 11.7. The van der Waals surface area contributed by atoms with Crippen molar-refractivity contribution in [3.8, 4) is 5.75 Å². The van der Waals surface area contributed by atoms with Gasteiger partial charge in [-0.2, -0.15) is 0 Å². The number of halogens is 1.